The smallest absolute Gasteiger partial charge is 0.0578 e. The third kappa shape index (κ3) is 4.73. The number of benzene rings is 1. The zero-order chi connectivity index (χ0) is 16.1. The van der Waals surface area contributed by atoms with E-state index in [0.717, 1.165) is 29.4 Å². The molecule has 23 heavy (non-hydrogen) atoms. The molecule has 0 spiro atoms. The van der Waals surface area contributed by atoms with Crippen LogP contribution in [0, 0.1) is 11.8 Å². The summed E-state index contributed by atoms with van der Waals surface area (Å²) in [4.78, 5) is 0. The standard InChI is InChI=1S/C21H31ClO/c1-2-3-4-13-23-21-12-9-18-14-17(5-6-19(18)15-21)16-7-10-20(22)11-8-16/h7-8,10-11,17-19,21H,2-6,9,12-15H2,1H3. The van der Waals surface area contributed by atoms with Gasteiger partial charge in [-0.05, 0) is 80.4 Å². The summed E-state index contributed by atoms with van der Waals surface area (Å²) in [5.74, 6) is 2.57. The van der Waals surface area contributed by atoms with Crippen LogP contribution in [-0.4, -0.2) is 12.7 Å². The molecule has 0 amide bonds. The second-order valence-corrected chi connectivity index (χ2v) is 8.03. The second kappa shape index (κ2) is 8.53. The van der Waals surface area contributed by atoms with Gasteiger partial charge < -0.3 is 4.74 Å². The maximum absolute atomic E-state index is 6.14. The van der Waals surface area contributed by atoms with E-state index in [1.165, 1.54) is 63.4 Å². The molecule has 128 valence electrons. The number of halogens is 1. The second-order valence-electron chi connectivity index (χ2n) is 7.59. The number of fused-ring (bicyclic) bond motifs is 1. The Morgan fingerprint density at radius 3 is 2.48 bits per heavy atom. The molecule has 0 N–H and O–H groups in total. The van der Waals surface area contributed by atoms with Crippen molar-refractivity contribution in [3.05, 3.63) is 34.9 Å². The van der Waals surface area contributed by atoms with E-state index in [4.69, 9.17) is 16.3 Å². The van der Waals surface area contributed by atoms with Crippen molar-refractivity contribution < 1.29 is 4.74 Å². The van der Waals surface area contributed by atoms with E-state index in [-0.39, 0.29) is 0 Å². The quantitative estimate of drug-likeness (QED) is 0.532. The highest BCUT2D eigenvalue weighted by atomic mass is 35.5. The van der Waals surface area contributed by atoms with Gasteiger partial charge in [0.25, 0.3) is 0 Å². The van der Waals surface area contributed by atoms with E-state index in [1.807, 2.05) is 12.1 Å². The lowest BCUT2D eigenvalue weighted by atomic mass is 9.65. The Hall–Kier alpha value is -0.530. The van der Waals surface area contributed by atoms with Crippen molar-refractivity contribution in [3.8, 4) is 0 Å². The van der Waals surface area contributed by atoms with Crippen molar-refractivity contribution in [1.29, 1.82) is 0 Å². The summed E-state index contributed by atoms with van der Waals surface area (Å²) >= 11 is 6.02. The SMILES string of the molecule is CCCCCOC1CCC2CC(c3ccc(Cl)cc3)CCC2C1. The molecule has 0 saturated heterocycles. The van der Waals surface area contributed by atoms with Crippen molar-refractivity contribution in [1.82, 2.24) is 0 Å². The van der Waals surface area contributed by atoms with Crippen molar-refractivity contribution in [2.45, 2.75) is 76.7 Å². The van der Waals surface area contributed by atoms with E-state index >= 15 is 0 Å². The van der Waals surface area contributed by atoms with Crippen LogP contribution in [0.3, 0.4) is 0 Å². The van der Waals surface area contributed by atoms with Gasteiger partial charge in [0.05, 0.1) is 6.10 Å². The van der Waals surface area contributed by atoms with Crippen LogP contribution in [0.5, 0.6) is 0 Å². The molecule has 2 aliphatic carbocycles. The van der Waals surface area contributed by atoms with E-state index in [9.17, 15) is 0 Å². The molecule has 1 aromatic rings. The summed E-state index contributed by atoms with van der Waals surface area (Å²) in [5.41, 5.74) is 1.49. The molecule has 0 radical (unpaired) electrons. The Balaban J connectivity index is 1.47. The Morgan fingerprint density at radius 1 is 0.957 bits per heavy atom. The molecule has 0 aliphatic heterocycles. The van der Waals surface area contributed by atoms with E-state index in [2.05, 4.69) is 19.1 Å². The highest BCUT2D eigenvalue weighted by Gasteiger charge is 2.36. The molecule has 3 rings (SSSR count). The van der Waals surface area contributed by atoms with Gasteiger partial charge in [0.1, 0.15) is 0 Å². The summed E-state index contributed by atoms with van der Waals surface area (Å²) in [5, 5.41) is 0.850. The predicted octanol–water partition coefficient (Wildman–Crippen LogP) is 6.60. The van der Waals surface area contributed by atoms with Crippen LogP contribution in [0.15, 0.2) is 24.3 Å². The van der Waals surface area contributed by atoms with E-state index in [0.29, 0.717) is 6.10 Å². The van der Waals surface area contributed by atoms with Crippen molar-refractivity contribution in [3.63, 3.8) is 0 Å². The van der Waals surface area contributed by atoms with Gasteiger partial charge in [-0.2, -0.15) is 0 Å². The minimum atomic E-state index is 0.542. The first-order valence-electron chi connectivity index (χ1n) is 9.63. The Labute approximate surface area is 146 Å². The highest BCUT2D eigenvalue weighted by molar-refractivity contribution is 6.30. The lowest BCUT2D eigenvalue weighted by Crippen LogP contribution is -2.33. The fraction of sp³-hybridized carbons (Fsp3) is 0.714. The van der Waals surface area contributed by atoms with Crippen LogP contribution in [0.2, 0.25) is 5.02 Å². The minimum absolute atomic E-state index is 0.542. The van der Waals surface area contributed by atoms with Gasteiger partial charge in [0.15, 0.2) is 0 Å². The van der Waals surface area contributed by atoms with Gasteiger partial charge in [-0.15, -0.1) is 0 Å². The number of hydrogen-bond donors (Lipinski definition) is 0. The van der Waals surface area contributed by atoms with Crippen LogP contribution < -0.4 is 0 Å². The summed E-state index contributed by atoms with van der Waals surface area (Å²) in [6.45, 7) is 3.23. The average Bonchev–Trinajstić information content (AvgIpc) is 2.59. The number of hydrogen-bond acceptors (Lipinski definition) is 1. The molecular weight excluding hydrogens is 304 g/mol. The van der Waals surface area contributed by atoms with Gasteiger partial charge in [0, 0.05) is 11.6 Å². The number of ether oxygens (including phenoxy) is 1. The fourth-order valence-electron chi connectivity index (χ4n) is 4.64. The molecule has 2 saturated carbocycles. The van der Waals surface area contributed by atoms with Gasteiger partial charge in [-0.1, -0.05) is 43.5 Å². The zero-order valence-electron chi connectivity index (χ0n) is 14.5. The maximum Gasteiger partial charge on any atom is 0.0578 e. The van der Waals surface area contributed by atoms with Crippen LogP contribution in [0.25, 0.3) is 0 Å². The van der Waals surface area contributed by atoms with Crippen LogP contribution in [0.1, 0.15) is 76.2 Å². The molecule has 4 atom stereocenters. The van der Waals surface area contributed by atoms with Crippen molar-refractivity contribution in [2.75, 3.05) is 6.61 Å². The maximum atomic E-state index is 6.14. The summed E-state index contributed by atoms with van der Waals surface area (Å²) in [6.07, 6.45) is 12.4. The summed E-state index contributed by atoms with van der Waals surface area (Å²) < 4.78 is 6.14. The van der Waals surface area contributed by atoms with Crippen LogP contribution >= 0.6 is 11.6 Å². The Morgan fingerprint density at radius 2 is 1.70 bits per heavy atom. The lowest BCUT2D eigenvalue weighted by molar-refractivity contribution is -0.0162. The van der Waals surface area contributed by atoms with E-state index < -0.39 is 0 Å². The molecule has 4 unspecified atom stereocenters. The van der Waals surface area contributed by atoms with E-state index in [1.54, 1.807) is 0 Å². The van der Waals surface area contributed by atoms with Gasteiger partial charge in [-0.25, -0.2) is 0 Å². The largest absolute Gasteiger partial charge is 0.378 e. The highest BCUT2D eigenvalue weighted by Crippen LogP contribution is 2.46. The molecule has 2 heteroatoms. The minimum Gasteiger partial charge on any atom is -0.378 e. The molecule has 1 nitrogen and oxygen atoms in total. The summed E-state index contributed by atoms with van der Waals surface area (Å²) in [6, 6.07) is 8.56. The predicted molar refractivity (Wildman–Crippen MR) is 98.1 cm³/mol. The van der Waals surface area contributed by atoms with Crippen molar-refractivity contribution >= 4 is 11.6 Å². The molecule has 2 aliphatic rings. The zero-order valence-corrected chi connectivity index (χ0v) is 15.2. The average molecular weight is 335 g/mol. The van der Waals surface area contributed by atoms with Gasteiger partial charge in [0.2, 0.25) is 0 Å². The molecular formula is C21H31ClO. The third-order valence-electron chi connectivity index (χ3n) is 6.01. The Kier molecular flexibility index (Phi) is 6.42. The third-order valence-corrected chi connectivity index (χ3v) is 6.26. The van der Waals surface area contributed by atoms with Crippen molar-refractivity contribution in [2.24, 2.45) is 11.8 Å². The first-order chi connectivity index (χ1) is 11.3. The molecule has 0 heterocycles. The first-order valence-corrected chi connectivity index (χ1v) is 10.0. The van der Waals surface area contributed by atoms with Crippen LogP contribution in [0.4, 0.5) is 0 Å². The molecule has 0 aromatic heterocycles. The number of rotatable bonds is 6. The van der Waals surface area contributed by atoms with Crippen LogP contribution in [-0.2, 0) is 4.74 Å². The monoisotopic (exact) mass is 334 g/mol. The summed E-state index contributed by atoms with van der Waals surface area (Å²) in [7, 11) is 0. The van der Waals surface area contributed by atoms with Gasteiger partial charge >= 0.3 is 0 Å². The normalized spacial score (nSPS) is 30.9. The topological polar surface area (TPSA) is 9.23 Å². The lowest BCUT2D eigenvalue weighted by Gasteiger charge is -2.42. The Bertz CT molecular complexity index is 469. The first kappa shape index (κ1) is 17.3. The molecule has 1 aromatic carbocycles. The molecule has 0 bridgehead atoms. The van der Waals surface area contributed by atoms with Gasteiger partial charge in [-0.3, -0.25) is 0 Å². The molecule has 2 fully saturated rings. The fourth-order valence-corrected chi connectivity index (χ4v) is 4.76. The number of unbranched alkanes of at least 4 members (excludes halogenated alkanes) is 2.